The van der Waals surface area contributed by atoms with E-state index >= 15 is 0 Å². The van der Waals surface area contributed by atoms with E-state index in [1.54, 1.807) is 7.05 Å². The van der Waals surface area contributed by atoms with E-state index in [1.807, 2.05) is 49.4 Å². The first-order valence-electron chi connectivity index (χ1n) is 5.29. The number of hydrogen-bond acceptors (Lipinski definition) is 2. The molecule has 1 atom stereocenters. The molecule has 1 rings (SSSR count). The maximum Gasteiger partial charge on any atom is 0.253 e. The van der Waals surface area contributed by atoms with Crippen LogP contribution in [-0.4, -0.2) is 19.6 Å². The van der Waals surface area contributed by atoms with Gasteiger partial charge < -0.3 is 10.1 Å². The van der Waals surface area contributed by atoms with Crippen molar-refractivity contribution in [3.63, 3.8) is 0 Å². The van der Waals surface area contributed by atoms with Crippen molar-refractivity contribution in [1.29, 1.82) is 0 Å². The first-order chi connectivity index (χ1) is 7.79. The van der Waals surface area contributed by atoms with E-state index in [4.69, 9.17) is 4.74 Å². The summed E-state index contributed by atoms with van der Waals surface area (Å²) in [6.45, 7) is 2.35. The number of carbonyl (C=O) groups is 1. The number of ether oxygens (including phenoxy) is 1. The van der Waals surface area contributed by atoms with E-state index < -0.39 is 6.10 Å². The molecule has 0 heterocycles. The molecule has 0 saturated heterocycles. The molecule has 3 nitrogen and oxygen atoms in total. The zero-order chi connectivity index (χ0) is 11.8. The number of amides is 1. The number of nitrogens with one attached hydrogen (secondary N) is 1. The van der Waals surface area contributed by atoms with Crippen LogP contribution in [0.3, 0.4) is 0 Å². The van der Waals surface area contributed by atoms with Crippen molar-refractivity contribution in [2.75, 3.05) is 13.7 Å². The summed E-state index contributed by atoms with van der Waals surface area (Å²) in [4.78, 5) is 11.6. The number of rotatable bonds is 5. The third-order valence-electron chi connectivity index (χ3n) is 2.18. The van der Waals surface area contributed by atoms with Crippen LogP contribution in [0.25, 0.3) is 0 Å². The van der Waals surface area contributed by atoms with Crippen LogP contribution < -0.4 is 5.32 Å². The lowest BCUT2D eigenvalue weighted by molar-refractivity contribution is -0.132. The van der Waals surface area contributed by atoms with E-state index in [9.17, 15) is 4.79 Å². The van der Waals surface area contributed by atoms with Crippen molar-refractivity contribution in [1.82, 2.24) is 5.32 Å². The lowest BCUT2D eigenvalue weighted by atomic mass is 10.1. The summed E-state index contributed by atoms with van der Waals surface area (Å²) in [5, 5.41) is 2.60. The predicted molar refractivity (Wildman–Crippen MR) is 64.0 cm³/mol. The maximum atomic E-state index is 11.6. The van der Waals surface area contributed by atoms with Crippen LogP contribution in [0.15, 0.2) is 42.5 Å². The van der Waals surface area contributed by atoms with Crippen LogP contribution in [-0.2, 0) is 9.53 Å². The van der Waals surface area contributed by atoms with Gasteiger partial charge in [-0.25, -0.2) is 0 Å². The average molecular weight is 219 g/mol. The van der Waals surface area contributed by atoms with E-state index in [0.717, 1.165) is 5.56 Å². The smallest absolute Gasteiger partial charge is 0.253 e. The predicted octanol–water partition coefficient (Wildman–Crippen LogP) is 2.07. The highest BCUT2D eigenvalue weighted by molar-refractivity contribution is 5.81. The SMILES string of the molecule is C/C=C/COC(C(=O)NC)c1ccccc1. The third kappa shape index (κ3) is 3.51. The Kier molecular flexibility index (Phi) is 5.29. The van der Waals surface area contributed by atoms with Crippen LogP contribution in [0.2, 0.25) is 0 Å². The number of allylic oxidation sites excluding steroid dienone is 1. The second-order valence-electron chi connectivity index (χ2n) is 3.31. The molecular weight excluding hydrogens is 202 g/mol. The molecule has 0 radical (unpaired) electrons. The van der Waals surface area contributed by atoms with Gasteiger partial charge in [0.1, 0.15) is 0 Å². The molecule has 0 spiro atoms. The highest BCUT2D eigenvalue weighted by Crippen LogP contribution is 2.17. The number of carbonyl (C=O) groups excluding carboxylic acids is 1. The molecule has 16 heavy (non-hydrogen) atoms. The first kappa shape index (κ1) is 12.5. The molecule has 0 fully saturated rings. The zero-order valence-corrected chi connectivity index (χ0v) is 9.64. The quantitative estimate of drug-likeness (QED) is 0.770. The van der Waals surface area contributed by atoms with Crippen molar-refractivity contribution in [3.8, 4) is 0 Å². The summed E-state index contributed by atoms with van der Waals surface area (Å²) in [6, 6.07) is 9.47. The van der Waals surface area contributed by atoms with Gasteiger partial charge in [0.25, 0.3) is 5.91 Å². The number of hydrogen-bond donors (Lipinski definition) is 1. The van der Waals surface area contributed by atoms with Gasteiger partial charge >= 0.3 is 0 Å². The second-order valence-corrected chi connectivity index (χ2v) is 3.31. The summed E-state index contributed by atoms with van der Waals surface area (Å²) in [5.41, 5.74) is 0.867. The average Bonchev–Trinajstić information content (AvgIpc) is 2.35. The molecule has 0 aliphatic carbocycles. The molecule has 0 aliphatic rings. The van der Waals surface area contributed by atoms with Gasteiger partial charge in [0, 0.05) is 7.05 Å². The van der Waals surface area contributed by atoms with Gasteiger partial charge in [0.05, 0.1) is 6.61 Å². The minimum atomic E-state index is -0.539. The van der Waals surface area contributed by atoms with Crippen LogP contribution in [0.1, 0.15) is 18.6 Å². The molecule has 0 aromatic heterocycles. The van der Waals surface area contributed by atoms with Crippen LogP contribution >= 0.6 is 0 Å². The van der Waals surface area contributed by atoms with Crippen molar-refractivity contribution in [2.45, 2.75) is 13.0 Å². The molecular formula is C13H17NO2. The van der Waals surface area contributed by atoms with Crippen molar-refractivity contribution < 1.29 is 9.53 Å². The Hall–Kier alpha value is -1.61. The molecule has 1 amide bonds. The molecule has 3 heteroatoms. The van der Waals surface area contributed by atoms with Crippen molar-refractivity contribution >= 4 is 5.91 Å². The van der Waals surface area contributed by atoms with Gasteiger partial charge in [0.15, 0.2) is 6.10 Å². The molecule has 0 bridgehead atoms. The van der Waals surface area contributed by atoms with E-state index in [-0.39, 0.29) is 5.91 Å². The Bertz CT molecular complexity index is 346. The molecule has 1 aromatic rings. The van der Waals surface area contributed by atoms with Gasteiger partial charge in [0.2, 0.25) is 0 Å². The fourth-order valence-electron chi connectivity index (χ4n) is 1.33. The van der Waals surface area contributed by atoms with E-state index in [0.29, 0.717) is 6.61 Å². The van der Waals surface area contributed by atoms with E-state index in [1.165, 1.54) is 0 Å². The van der Waals surface area contributed by atoms with Gasteiger partial charge in [-0.05, 0) is 12.5 Å². The fraction of sp³-hybridized carbons (Fsp3) is 0.308. The molecule has 0 aliphatic heterocycles. The minimum absolute atomic E-state index is 0.129. The van der Waals surface area contributed by atoms with Crippen molar-refractivity contribution in [2.24, 2.45) is 0 Å². The summed E-state index contributed by atoms with van der Waals surface area (Å²) >= 11 is 0. The Morgan fingerprint density at radius 2 is 2.12 bits per heavy atom. The Morgan fingerprint density at radius 3 is 2.69 bits per heavy atom. The third-order valence-corrected chi connectivity index (χ3v) is 2.18. The fourth-order valence-corrected chi connectivity index (χ4v) is 1.33. The number of likely N-dealkylation sites (N-methyl/N-ethyl adjacent to an activating group) is 1. The van der Waals surface area contributed by atoms with Gasteiger partial charge in [-0.2, -0.15) is 0 Å². The summed E-state index contributed by atoms with van der Waals surface area (Å²) in [5.74, 6) is -0.129. The Morgan fingerprint density at radius 1 is 1.44 bits per heavy atom. The van der Waals surface area contributed by atoms with Gasteiger partial charge in [-0.3, -0.25) is 4.79 Å². The minimum Gasteiger partial charge on any atom is -0.360 e. The zero-order valence-electron chi connectivity index (χ0n) is 9.64. The van der Waals surface area contributed by atoms with Gasteiger partial charge in [-0.1, -0.05) is 42.5 Å². The molecule has 1 aromatic carbocycles. The van der Waals surface area contributed by atoms with Crippen LogP contribution in [0.5, 0.6) is 0 Å². The highest BCUT2D eigenvalue weighted by atomic mass is 16.5. The lowest BCUT2D eigenvalue weighted by Gasteiger charge is -2.15. The summed E-state index contributed by atoms with van der Waals surface area (Å²) in [6.07, 6.45) is 3.23. The van der Waals surface area contributed by atoms with Crippen LogP contribution in [0, 0.1) is 0 Å². The topological polar surface area (TPSA) is 38.3 Å². The first-order valence-corrected chi connectivity index (χ1v) is 5.29. The second kappa shape index (κ2) is 6.80. The monoisotopic (exact) mass is 219 g/mol. The lowest BCUT2D eigenvalue weighted by Crippen LogP contribution is -2.27. The Labute approximate surface area is 96.1 Å². The van der Waals surface area contributed by atoms with Crippen LogP contribution in [0.4, 0.5) is 0 Å². The van der Waals surface area contributed by atoms with Crippen molar-refractivity contribution in [3.05, 3.63) is 48.0 Å². The molecule has 1 unspecified atom stereocenters. The normalized spacial score (nSPS) is 12.6. The summed E-state index contributed by atoms with van der Waals surface area (Å²) in [7, 11) is 1.61. The Balaban J connectivity index is 2.75. The van der Waals surface area contributed by atoms with Gasteiger partial charge in [-0.15, -0.1) is 0 Å². The maximum absolute atomic E-state index is 11.6. The van der Waals surface area contributed by atoms with E-state index in [2.05, 4.69) is 5.32 Å². The molecule has 1 N–H and O–H groups in total. The number of benzene rings is 1. The standard InChI is InChI=1S/C13H17NO2/c1-3-4-10-16-12(13(15)14-2)11-8-6-5-7-9-11/h3-9,12H,10H2,1-2H3,(H,14,15)/b4-3+. The highest BCUT2D eigenvalue weighted by Gasteiger charge is 2.18. The molecule has 0 saturated carbocycles. The molecule has 86 valence electrons. The summed E-state index contributed by atoms with van der Waals surface area (Å²) < 4.78 is 5.52. The largest absolute Gasteiger partial charge is 0.360 e.